The Morgan fingerprint density at radius 2 is 1.82 bits per heavy atom. The first kappa shape index (κ1) is 23.4. The summed E-state index contributed by atoms with van der Waals surface area (Å²) in [6.45, 7) is 4.01. The van der Waals surface area contributed by atoms with Crippen molar-refractivity contribution in [2.45, 2.75) is 26.3 Å². The van der Waals surface area contributed by atoms with Gasteiger partial charge in [0.15, 0.2) is 0 Å². The molecule has 7 nitrogen and oxygen atoms in total. The Bertz CT molecular complexity index is 1260. The van der Waals surface area contributed by atoms with E-state index in [2.05, 4.69) is 30.2 Å². The van der Waals surface area contributed by atoms with Crippen LogP contribution in [0.5, 0.6) is 0 Å². The minimum absolute atomic E-state index is 0.146. The Morgan fingerprint density at radius 1 is 0.971 bits per heavy atom. The summed E-state index contributed by atoms with van der Waals surface area (Å²) in [6.07, 6.45) is 6.52. The molecule has 0 saturated carbocycles. The van der Waals surface area contributed by atoms with Crippen molar-refractivity contribution in [1.29, 1.82) is 0 Å². The maximum absolute atomic E-state index is 12.5. The van der Waals surface area contributed by atoms with Crippen LogP contribution in [0.25, 0.3) is 0 Å². The van der Waals surface area contributed by atoms with Crippen LogP contribution in [0.15, 0.2) is 78.0 Å². The highest BCUT2D eigenvalue weighted by atomic mass is 35.5. The third-order valence-corrected chi connectivity index (χ3v) is 5.80. The molecule has 0 aliphatic carbocycles. The summed E-state index contributed by atoms with van der Waals surface area (Å²) in [5.74, 6) is 1.36. The molecule has 3 aromatic heterocycles. The summed E-state index contributed by atoms with van der Waals surface area (Å²) in [5.41, 5.74) is 3.44. The quantitative estimate of drug-likeness (QED) is 0.326. The van der Waals surface area contributed by atoms with Gasteiger partial charge in [-0.1, -0.05) is 41.9 Å². The third-order valence-electron chi connectivity index (χ3n) is 5.43. The molecular formula is C26H27ClN6O. The molecule has 4 rings (SSSR count). The van der Waals surface area contributed by atoms with Crippen LogP contribution < -0.4 is 15.8 Å². The molecule has 0 spiro atoms. The maximum Gasteiger partial charge on any atom is 0.255 e. The summed E-state index contributed by atoms with van der Waals surface area (Å²) in [5, 5.41) is 3.95. The molecule has 1 aromatic carbocycles. The molecule has 0 amide bonds. The summed E-state index contributed by atoms with van der Waals surface area (Å²) < 4.78 is 0. The van der Waals surface area contributed by atoms with Gasteiger partial charge in [-0.3, -0.25) is 14.8 Å². The predicted molar refractivity (Wildman–Crippen MR) is 136 cm³/mol. The van der Waals surface area contributed by atoms with E-state index >= 15 is 0 Å². The van der Waals surface area contributed by atoms with Crippen molar-refractivity contribution in [3.8, 4) is 0 Å². The molecule has 174 valence electrons. The highest BCUT2D eigenvalue weighted by Crippen LogP contribution is 2.20. The summed E-state index contributed by atoms with van der Waals surface area (Å²) in [4.78, 5) is 30.7. The molecule has 0 saturated heterocycles. The topological polar surface area (TPSA) is 86.8 Å². The second-order valence-corrected chi connectivity index (χ2v) is 8.46. The lowest BCUT2D eigenvalue weighted by Gasteiger charge is -2.24. The monoisotopic (exact) mass is 474 g/mol. The number of benzene rings is 1. The van der Waals surface area contributed by atoms with Gasteiger partial charge in [0.05, 0.1) is 0 Å². The highest BCUT2D eigenvalue weighted by molar-refractivity contribution is 6.31. The largest absolute Gasteiger partial charge is 0.356 e. The van der Waals surface area contributed by atoms with Crippen molar-refractivity contribution in [3.05, 3.63) is 111 Å². The fraction of sp³-hybridized carbons (Fsp3) is 0.231. The Hall–Kier alpha value is -3.71. The van der Waals surface area contributed by atoms with Gasteiger partial charge in [0, 0.05) is 60.9 Å². The van der Waals surface area contributed by atoms with Gasteiger partial charge in [0.1, 0.15) is 5.82 Å². The van der Waals surface area contributed by atoms with Crippen molar-refractivity contribution >= 4 is 23.4 Å². The highest BCUT2D eigenvalue weighted by Gasteiger charge is 2.11. The molecule has 0 radical (unpaired) electrons. The summed E-state index contributed by atoms with van der Waals surface area (Å²) >= 11 is 6.38. The molecule has 3 heterocycles. The number of nitrogens with zero attached hydrogens (tertiary/aromatic N) is 4. The fourth-order valence-corrected chi connectivity index (χ4v) is 3.78. The van der Waals surface area contributed by atoms with E-state index < -0.39 is 0 Å². The number of anilines is 2. The number of pyridine rings is 2. The number of halogens is 1. The lowest BCUT2D eigenvalue weighted by Crippen LogP contribution is -2.27. The molecule has 0 bridgehead atoms. The molecule has 0 atom stereocenters. The minimum atomic E-state index is -0.146. The van der Waals surface area contributed by atoms with Gasteiger partial charge in [-0.25, -0.2) is 9.97 Å². The number of hydrogen-bond acceptors (Lipinski definition) is 6. The van der Waals surface area contributed by atoms with E-state index in [0.717, 1.165) is 40.6 Å². The van der Waals surface area contributed by atoms with Crippen LogP contribution in [0.3, 0.4) is 0 Å². The zero-order chi connectivity index (χ0) is 23.8. The van der Waals surface area contributed by atoms with Gasteiger partial charge < -0.3 is 10.2 Å². The molecule has 8 heteroatoms. The normalized spacial score (nSPS) is 10.8. The van der Waals surface area contributed by atoms with Crippen molar-refractivity contribution in [2.75, 3.05) is 23.3 Å². The summed E-state index contributed by atoms with van der Waals surface area (Å²) in [7, 11) is 0. The van der Waals surface area contributed by atoms with Gasteiger partial charge in [0.25, 0.3) is 5.56 Å². The lowest BCUT2D eigenvalue weighted by molar-refractivity contribution is 0.735. The SMILES string of the molecule is Cc1ccc(Cc2cnc(NCCCN(Cc3ccccc3Cl)c3ccccn3)[nH]c2=O)cn1. The molecule has 0 aliphatic rings. The van der Waals surface area contributed by atoms with Crippen molar-refractivity contribution in [3.63, 3.8) is 0 Å². The van der Waals surface area contributed by atoms with Crippen LogP contribution in [-0.4, -0.2) is 33.0 Å². The van der Waals surface area contributed by atoms with E-state index in [9.17, 15) is 4.79 Å². The van der Waals surface area contributed by atoms with Gasteiger partial charge in [0.2, 0.25) is 5.95 Å². The predicted octanol–water partition coefficient (Wildman–Crippen LogP) is 4.62. The van der Waals surface area contributed by atoms with Crippen LogP contribution in [0.2, 0.25) is 5.02 Å². The van der Waals surface area contributed by atoms with Crippen LogP contribution in [0, 0.1) is 6.92 Å². The number of nitrogens with one attached hydrogen (secondary N) is 2. The number of hydrogen-bond donors (Lipinski definition) is 2. The fourth-order valence-electron chi connectivity index (χ4n) is 3.58. The summed E-state index contributed by atoms with van der Waals surface area (Å²) in [6, 6.07) is 17.6. The van der Waals surface area contributed by atoms with Crippen molar-refractivity contribution < 1.29 is 0 Å². The maximum atomic E-state index is 12.5. The minimum Gasteiger partial charge on any atom is -0.356 e. The van der Waals surface area contributed by atoms with Crippen LogP contribution in [0.1, 0.15) is 28.8 Å². The molecule has 4 aromatic rings. The van der Waals surface area contributed by atoms with E-state index in [1.54, 1.807) is 18.6 Å². The average molecular weight is 475 g/mol. The van der Waals surface area contributed by atoms with E-state index in [-0.39, 0.29) is 5.56 Å². The van der Waals surface area contributed by atoms with Crippen molar-refractivity contribution in [1.82, 2.24) is 19.9 Å². The Balaban J connectivity index is 1.34. The van der Waals surface area contributed by atoms with Crippen molar-refractivity contribution in [2.24, 2.45) is 0 Å². The number of aromatic amines is 1. The van der Waals surface area contributed by atoms with E-state index in [4.69, 9.17) is 11.6 Å². The number of rotatable bonds is 10. The number of H-pyrrole nitrogens is 1. The number of aromatic nitrogens is 4. The second-order valence-electron chi connectivity index (χ2n) is 8.05. The molecule has 34 heavy (non-hydrogen) atoms. The third kappa shape index (κ3) is 6.42. The van der Waals surface area contributed by atoms with Crippen LogP contribution in [0.4, 0.5) is 11.8 Å². The molecule has 2 N–H and O–H groups in total. The zero-order valence-electron chi connectivity index (χ0n) is 19.0. The van der Waals surface area contributed by atoms with Gasteiger partial charge in [-0.15, -0.1) is 0 Å². The Morgan fingerprint density at radius 3 is 2.56 bits per heavy atom. The first-order valence-electron chi connectivity index (χ1n) is 11.2. The Labute approximate surface area is 203 Å². The van der Waals surface area contributed by atoms with Crippen LogP contribution in [-0.2, 0) is 13.0 Å². The van der Waals surface area contributed by atoms with Gasteiger partial charge >= 0.3 is 0 Å². The van der Waals surface area contributed by atoms with Gasteiger partial charge in [-0.2, -0.15) is 0 Å². The molecule has 0 unspecified atom stereocenters. The van der Waals surface area contributed by atoms with E-state index in [1.807, 2.05) is 61.5 Å². The standard InChI is InChI=1S/C26H27ClN6O/c1-19-10-11-20(16-30-19)15-22-17-31-26(32-25(22)34)29-13-6-14-33(24-9-4-5-12-28-24)18-21-7-2-3-8-23(21)27/h2-5,7-12,16-17H,6,13-15,18H2,1H3,(H2,29,31,32,34). The van der Waals surface area contributed by atoms with Crippen LogP contribution >= 0.6 is 11.6 Å². The average Bonchev–Trinajstić information content (AvgIpc) is 2.85. The molecule has 0 aliphatic heterocycles. The molecular weight excluding hydrogens is 448 g/mol. The molecule has 0 fully saturated rings. The van der Waals surface area contributed by atoms with E-state index in [1.165, 1.54) is 0 Å². The smallest absolute Gasteiger partial charge is 0.255 e. The first-order valence-corrected chi connectivity index (χ1v) is 11.6. The number of aryl methyl sites for hydroxylation is 1. The Kier molecular flexibility index (Phi) is 7.88. The zero-order valence-corrected chi connectivity index (χ0v) is 19.8. The second kappa shape index (κ2) is 11.4. The lowest BCUT2D eigenvalue weighted by atomic mass is 10.1. The van der Waals surface area contributed by atoms with E-state index in [0.29, 0.717) is 31.0 Å². The van der Waals surface area contributed by atoms with Gasteiger partial charge in [-0.05, 0) is 48.7 Å². The first-order chi connectivity index (χ1) is 16.6.